The molecule has 11 heteroatoms. The van der Waals surface area contributed by atoms with Gasteiger partial charge in [0.1, 0.15) is 12.3 Å². The summed E-state index contributed by atoms with van der Waals surface area (Å²) >= 11 is 0. The Balaban J connectivity index is 1.57. The van der Waals surface area contributed by atoms with Crippen molar-refractivity contribution in [2.45, 2.75) is 13.1 Å². The summed E-state index contributed by atoms with van der Waals surface area (Å²) in [5.74, 6) is -0.473. The zero-order chi connectivity index (χ0) is 21.8. The molecule has 0 aliphatic rings. The summed E-state index contributed by atoms with van der Waals surface area (Å²) in [5, 5.41) is 2.64. The molecular formula is C19H21N5O6. The molecule has 158 valence electrons. The number of rotatable bonds is 7. The van der Waals surface area contributed by atoms with Crippen LogP contribution in [0.25, 0.3) is 11.2 Å². The number of esters is 1. The minimum absolute atomic E-state index is 0.0977. The van der Waals surface area contributed by atoms with Crippen molar-refractivity contribution in [1.29, 1.82) is 0 Å². The number of methoxy groups -OCH3 is 1. The Labute approximate surface area is 170 Å². The van der Waals surface area contributed by atoms with Crippen LogP contribution in [-0.4, -0.2) is 44.3 Å². The number of fused-ring (bicyclic) bond motifs is 1. The highest BCUT2D eigenvalue weighted by Crippen LogP contribution is 2.11. The molecule has 1 aromatic carbocycles. The van der Waals surface area contributed by atoms with Crippen LogP contribution in [0.2, 0.25) is 0 Å². The highest BCUT2D eigenvalue weighted by molar-refractivity contribution is 5.81. The van der Waals surface area contributed by atoms with Gasteiger partial charge in [0.25, 0.3) is 11.5 Å². The second-order valence-corrected chi connectivity index (χ2v) is 6.54. The predicted molar refractivity (Wildman–Crippen MR) is 106 cm³/mol. The fourth-order valence-corrected chi connectivity index (χ4v) is 2.84. The van der Waals surface area contributed by atoms with Gasteiger partial charge >= 0.3 is 11.7 Å². The van der Waals surface area contributed by atoms with Crippen LogP contribution >= 0.6 is 0 Å². The van der Waals surface area contributed by atoms with E-state index in [1.807, 2.05) is 12.1 Å². The van der Waals surface area contributed by atoms with Crippen LogP contribution in [0, 0.1) is 0 Å². The molecule has 1 N–H and O–H groups in total. The molecule has 0 aliphatic heterocycles. The van der Waals surface area contributed by atoms with Crippen LogP contribution in [0.1, 0.15) is 5.56 Å². The Morgan fingerprint density at radius 3 is 2.47 bits per heavy atom. The normalized spacial score (nSPS) is 10.8. The lowest BCUT2D eigenvalue weighted by molar-refractivity contribution is -0.149. The van der Waals surface area contributed by atoms with Crippen LogP contribution < -0.4 is 21.3 Å². The van der Waals surface area contributed by atoms with Gasteiger partial charge in [-0.3, -0.25) is 23.5 Å². The topological polar surface area (TPSA) is 126 Å². The lowest BCUT2D eigenvalue weighted by Crippen LogP contribution is -2.37. The lowest BCUT2D eigenvalue weighted by Gasteiger charge is -2.08. The zero-order valence-corrected chi connectivity index (χ0v) is 16.7. The van der Waals surface area contributed by atoms with Crippen LogP contribution in [0.4, 0.5) is 0 Å². The Hall–Kier alpha value is -3.89. The van der Waals surface area contributed by atoms with E-state index in [0.29, 0.717) is 5.75 Å². The standard InChI is InChI=1S/C19H21N5O6/c1-22-17-16(18(27)23(2)19(22)28)24(11-21-17)9-15(26)30-10-14(25)20-8-12-4-6-13(29-3)7-5-12/h4-7,11H,8-10H2,1-3H3,(H,20,25). The largest absolute Gasteiger partial charge is 0.497 e. The van der Waals surface area contributed by atoms with Crippen molar-refractivity contribution in [2.24, 2.45) is 14.1 Å². The Morgan fingerprint density at radius 2 is 1.80 bits per heavy atom. The van der Waals surface area contributed by atoms with Gasteiger partial charge in [0.05, 0.1) is 13.4 Å². The van der Waals surface area contributed by atoms with Gasteiger partial charge in [-0.1, -0.05) is 12.1 Å². The summed E-state index contributed by atoms with van der Waals surface area (Å²) in [6.07, 6.45) is 1.27. The number of carbonyl (C=O) groups excluding carboxylic acids is 2. The van der Waals surface area contributed by atoms with Crippen LogP contribution in [0.5, 0.6) is 5.75 Å². The molecule has 3 aromatic rings. The van der Waals surface area contributed by atoms with E-state index in [4.69, 9.17) is 9.47 Å². The predicted octanol–water partition coefficient (Wildman–Crippen LogP) is -0.698. The molecule has 0 saturated carbocycles. The number of amides is 1. The van der Waals surface area contributed by atoms with Crippen molar-refractivity contribution >= 4 is 23.0 Å². The molecule has 0 spiro atoms. The van der Waals surface area contributed by atoms with Gasteiger partial charge in [0.15, 0.2) is 17.8 Å². The number of benzene rings is 1. The van der Waals surface area contributed by atoms with E-state index in [0.717, 1.165) is 10.1 Å². The van der Waals surface area contributed by atoms with Gasteiger partial charge in [-0.15, -0.1) is 0 Å². The van der Waals surface area contributed by atoms with Crippen molar-refractivity contribution in [3.8, 4) is 5.75 Å². The van der Waals surface area contributed by atoms with Gasteiger partial charge in [-0.25, -0.2) is 9.78 Å². The molecule has 3 rings (SSSR count). The number of nitrogens with one attached hydrogen (secondary N) is 1. The second kappa shape index (κ2) is 8.64. The molecule has 11 nitrogen and oxygen atoms in total. The van der Waals surface area contributed by atoms with Crippen molar-refractivity contribution in [3.05, 3.63) is 57.0 Å². The van der Waals surface area contributed by atoms with E-state index in [-0.39, 0.29) is 24.3 Å². The summed E-state index contributed by atoms with van der Waals surface area (Å²) in [7, 11) is 4.39. The molecule has 2 aromatic heterocycles. The number of hydrogen-bond acceptors (Lipinski definition) is 7. The average Bonchev–Trinajstić information content (AvgIpc) is 3.17. The van der Waals surface area contributed by atoms with Crippen molar-refractivity contribution in [1.82, 2.24) is 24.0 Å². The van der Waals surface area contributed by atoms with E-state index < -0.39 is 29.7 Å². The maximum absolute atomic E-state index is 12.4. The third kappa shape index (κ3) is 4.24. The number of ether oxygens (including phenoxy) is 2. The zero-order valence-electron chi connectivity index (χ0n) is 16.7. The highest BCUT2D eigenvalue weighted by Gasteiger charge is 2.17. The van der Waals surface area contributed by atoms with Gasteiger partial charge in [0, 0.05) is 20.6 Å². The SMILES string of the molecule is COc1ccc(CNC(=O)COC(=O)Cn2cnc3c2c(=O)n(C)c(=O)n3C)cc1. The molecule has 0 radical (unpaired) electrons. The van der Waals surface area contributed by atoms with E-state index >= 15 is 0 Å². The summed E-state index contributed by atoms with van der Waals surface area (Å²) in [6, 6.07) is 7.17. The van der Waals surface area contributed by atoms with E-state index in [1.165, 1.54) is 29.6 Å². The molecule has 0 atom stereocenters. The molecule has 2 heterocycles. The van der Waals surface area contributed by atoms with Crippen molar-refractivity contribution < 1.29 is 19.1 Å². The molecule has 0 saturated heterocycles. The van der Waals surface area contributed by atoms with E-state index in [1.54, 1.807) is 19.2 Å². The fourth-order valence-electron chi connectivity index (χ4n) is 2.84. The molecular weight excluding hydrogens is 394 g/mol. The average molecular weight is 415 g/mol. The maximum atomic E-state index is 12.4. The summed E-state index contributed by atoms with van der Waals surface area (Å²) in [5.41, 5.74) is 0.0277. The molecule has 0 fully saturated rings. The van der Waals surface area contributed by atoms with Crippen LogP contribution in [0.3, 0.4) is 0 Å². The third-order valence-corrected chi connectivity index (χ3v) is 4.53. The minimum atomic E-state index is -0.718. The van der Waals surface area contributed by atoms with Crippen LogP contribution in [0.15, 0.2) is 40.2 Å². The second-order valence-electron chi connectivity index (χ2n) is 6.54. The number of imidazole rings is 1. The van der Waals surface area contributed by atoms with E-state index in [9.17, 15) is 19.2 Å². The monoisotopic (exact) mass is 415 g/mol. The number of carbonyl (C=O) groups is 2. The Morgan fingerprint density at radius 1 is 1.10 bits per heavy atom. The quantitative estimate of drug-likeness (QED) is 0.506. The molecule has 0 unspecified atom stereocenters. The van der Waals surface area contributed by atoms with E-state index in [2.05, 4.69) is 10.3 Å². The van der Waals surface area contributed by atoms with Crippen molar-refractivity contribution in [2.75, 3.05) is 13.7 Å². The van der Waals surface area contributed by atoms with Gasteiger partial charge in [-0.2, -0.15) is 0 Å². The first-order chi connectivity index (χ1) is 14.3. The first-order valence-electron chi connectivity index (χ1n) is 8.98. The fraction of sp³-hybridized carbons (Fsp3) is 0.316. The number of hydrogen-bond donors (Lipinski definition) is 1. The molecule has 0 bridgehead atoms. The maximum Gasteiger partial charge on any atom is 0.332 e. The Kier molecular flexibility index (Phi) is 6.00. The number of nitrogens with zero attached hydrogens (tertiary/aromatic N) is 4. The molecule has 0 aliphatic carbocycles. The first-order valence-corrected chi connectivity index (χ1v) is 8.98. The molecule has 30 heavy (non-hydrogen) atoms. The molecule has 1 amide bonds. The minimum Gasteiger partial charge on any atom is -0.497 e. The number of aromatic nitrogens is 4. The first kappa shape index (κ1) is 20.8. The van der Waals surface area contributed by atoms with Gasteiger partial charge in [0.2, 0.25) is 0 Å². The Bertz CT molecular complexity index is 1210. The third-order valence-electron chi connectivity index (χ3n) is 4.53. The smallest absolute Gasteiger partial charge is 0.332 e. The summed E-state index contributed by atoms with van der Waals surface area (Å²) < 4.78 is 13.5. The van der Waals surface area contributed by atoms with Crippen molar-refractivity contribution in [3.63, 3.8) is 0 Å². The van der Waals surface area contributed by atoms with Gasteiger partial charge < -0.3 is 19.4 Å². The highest BCUT2D eigenvalue weighted by atomic mass is 16.5. The summed E-state index contributed by atoms with van der Waals surface area (Å²) in [4.78, 5) is 52.3. The lowest BCUT2D eigenvalue weighted by atomic mass is 10.2. The summed E-state index contributed by atoms with van der Waals surface area (Å²) in [6.45, 7) is -0.510. The number of aryl methyl sites for hydroxylation is 1. The van der Waals surface area contributed by atoms with Gasteiger partial charge in [-0.05, 0) is 17.7 Å². The van der Waals surface area contributed by atoms with Crippen LogP contribution in [-0.2, 0) is 41.5 Å².